The van der Waals surface area contributed by atoms with Crippen LogP contribution in [0.25, 0.3) is 0 Å². The van der Waals surface area contributed by atoms with Gasteiger partial charge in [-0.15, -0.1) is 0 Å². The standard InChI is InChI=1S/C22H32FO11P.4Na/c23-20(18(24)25,19(26)27)4-5-31-22(14-2-1-3-17(11-14)32-35(28,29)30)21(33-34-22)15-7-12-6-13(9-15)10-16(21)8-12;;;;/h12-17H,1-11H2,(H,24,25)(H,26,27)(H2,28,29,30);;;;/q;4*+1/p-4. The second kappa shape index (κ2) is 15.0. The van der Waals surface area contributed by atoms with E-state index < -0.39 is 61.9 Å². The quantitative estimate of drug-likeness (QED) is 0.105. The molecule has 6 aliphatic rings. The van der Waals surface area contributed by atoms with Crippen LogP contribution in [0.5, 0.6) is 0 Å². The summed E-state index contributed by atoms with van der Waals surface area (Å²) in [5, 5.41) is 22.3. The van der Waals surface area contributed by atoms with E-state index in [1.54, 1.807) is 0 Å². The number of carboxylic acid groups (broad SMARTS) is 2. The first-order valence-corrected chi connectivity index (χ1v) is 13.7. The molecular weight excluding hydrogens is 582 g/mol. The number of carbonyl (C=O) groups is 2. The van der Waals surface area contributed by atoms with Crippen LogP contribution < -0.4 is 138 Å². The van der Waals surface area contributed by atoms with Crippen molar-refractivity contribution in [3.05, 3.63) is 0 Å². The maximum atomic E-state index is 14.5. The van der Waals surface area contributed by atoms with E-state index in [0.29, 0.717) is 31.1 Å². The number of rotatable bonds is 9. The van der Waals surface area contributed by atoms with Gasteiger partial charge >= 0.3 is 118 Å². The average Bonchev–Trinajstić information content (AvgIpc) is 2.74. The molecule has 0 amide bonds. The Kier molecular flexibility index (Phi) is 15.3. The van der Waals surface area contributed by atoms with Gasteiger partial charge in [0.1, 0.15) is 0 Å². The molecule has 5 aliphatic carbocycles. The summed E-state index contributed by atoms with van der Waals surface area (Å²) in [6.07, 6.45) is 4.20. The Labute approximate surface area is 315 Å². The Morgan fingerprint density at radius 2 is 1.41 bits per heavy atom. The van der Waals surface area contributed by atoms with Crippen molar-refractivity contribution in [3.63, 3.8) is 0 Å². The monoisotopic (exact) mass is 610 g/mol. The summed E-state index contributed by atoms with van der Waals surface area (Å²) in [5.74, 6) is -5.61. The van der Waals surface area contributed by atoms with Crippen LogP contribution in [0.1, 0.15) is 64.2 Å². The molecule has 4 bridgehead atoms. The van der Waals surface area contributed by atoms with Crippen molar-refractivity contribution in [1.29, 1.82) is 0 Å². The fourth-order valence-corrected chi connectivity index (χ4v) is 8.41. The van der Waals surface area contributed by atoms with E-state index >= 15 is 0 Å². The summed E-state index contributed by atoms with van der Waals surface area (Å²) >= 11 is 0. The molecule has 17 heteroatoms. The summed E-state index contributed by atoms with van der Waals surface area (Å²) in [6, 6.07) is 0. The van der Waals surface area contributed by atoms with Gasteiger partial charge in [-0.3, -0.25) is 0 Å². The predicted molar refractivity (Wildman–Crippen MR) is 104 cm³/mol. The molecule has 6 rings (SSSR count). The maximum Gasteiger partial charge on any atom is 1.00 e. The predicted octanol–water partition coefficient (Wildman–Crippen LogP) is -13.1. The molecule has 11 nitrogen and oxygen atoms in total. The van der Waals surface area contributed by atoms with Crippen molar-refractivity contribution in [1.82, 2.24) is 0 Å². The minimum Gasteiger partial charge on any atom is -0.790 e. The van der Waals surface area contributed by atoms with Crippen molar-refractivity contribution < 1.29 is 176 Å². The number of hydrogen-bond acceptors (Lipinski definition) is 11. The van der Waals surface area contributed by atoms with Crippen molar-refractivity contribution in [2.75, 3.05) is 6.61 Å². The molecule has 0 aromatic carbocycles. The van der Waals surface area contributed by atoms with E-state index in [4.69, 9.17) is 19.0 Å². The van der Waals surface area contributed by atoms with Crippen LogP contribution in [-0.2, 0) is 33.2 Å². The van der Waals surface area contributed by atoms with Crippen LogP contribution in [-0.4, -0.2) is 41.7 Å². The van der Waals surface area contributed by atoms with Crippen molar-refractivity contribution >= 4 is 19.8 Å². The average molecular weight is 610 g/mol. The summed E-state index contributed by atoms with van der Waals surface area (Å²) in [7, 11) is -5.24. The molecule has 1 spiro atoms. The molecule has 3 atom stereocenters. The number of phosphoric ester groups is 1. The Balaban J connectivity index is 0.00000190. The van der Waals surface area contributed by atoms with Gasteiger partial charge in [-0.1, -0.05) is 6.42 Å². The number of ether oxygens (including phenoxy) is 1. The Morgan fingerprint density at radius 1 is 0.872 bits per heavy atom. The van der Waals surface area contributed by atoms with E-state index in [0.717, 1.165) is 32.1 Å². The number of phosphoric acid groups is 1. The Hall–Kier alpha value is 2.86. The molecule has 1 heterocycles. The second-order valence-corrected chi connectivity index (χ2v) is 12.0. The van der Waals surface area contributed by atoms with Gasteiger partial charge in [-0.25, -0.2) is 9.28 Å². The van der Waals surface area contributed by atoms with Gasteiger partial charge in [-0.05, 0) is 75.0 Å². The molecule has 3 unspecified atom stereocenters. The molecule has 0 N–H and O–H groups in total. The van der Waals surface area contributed by atoms with Crippen molar-refractivity contribution in [3.8, 4) is 0 Å². The second-order valence-electron chi connectivity index (χ2n) is 10.9. The van der Waals surface area contributed by atoms with E-state index in [1.807, 2.05) is 0 Å². The zero-order chi connectivity index (χ0) is 25.2. The van der Waals surface area contributed by atoms with E-state index in [2.05, 4.69) is 0 Å². The fraction of sp³-hybridized carbons (Fsp3) is 0.909. The molecule has 198 valence electrons. The van der Waals surface area contributed by atoms with E-state index in [9.17, 15) is 38.5 Å². The fourth-order valence-electron chi connectivity index (χ4n) is 7.85. The maximum absolute atomic E-state index is 14.5. The molecule has 1 aliphatic heterocycles. The molecule has 1 saturated heterocycles. The third-order valence-electron chi connectivity index (χ3n) is 9.05. The number of aliphatic carboxylic acids is 2. The largest absolute Gasteiger partial charge is 1.00 e. The molecule has 39 heavy (non-hydrogen) atoms. The van der Waals surface area contributed by atoms with Gasteiger partial charge in [-0.2, -0.15) is 4.89 Å². The number of carboxylic acids is 2. The van der Waals surface area contributed by atoms with Crippen LogP contribution >= 0.6 is 7.82 Å². The topological polar surface area (TPSA) is 180 Å². The van der Waals surface area contributed by atoms with Crippen LogP contribution in [0.3, 0.4) is 0 Å². The van der Waals surface area contributed by atoms with Crippen LogP contribution in [0.2, 0.25) is 0 Å². The van der Waals surface area contributed by atoms with Gasteiger partial charge < -0.3 is 43.4 Å². The van der Waals surface area contributed by atoms with Crippen LogP contribution in [0, 0.1) is 29.6 Å². The summed E-state index contributed by atoms with van der Waals surface area (Å²) in [6.45, 7) is -0.639. The van der Waals surface area contributed by atoms with E-state index in [1.165, 1.54) is 0 Å². The van der Waals surface area contributed by atoms with Gasteiger partial charge in [0.05, 0.1) is 32.5 Å². The number of halogens is 1. The normalized spacial score (nSPS) is 38.3. The number of alkyl halides is 1. The van der Waals surface area contributed by atoms with Gasteiger partial charge in [0.25, 0.3) is 0 Å². The summed E-state index contributed by atoms with van der Waals surface area (Å²) < 4.78 is 36.7. The first kappa shape index (κ1) is 39.9. The van der Waals surface area contributed by atoms with Crippen LogP contribution in [0.4, 0.5) is 4.39 Å². The minimum absolute atomic E-state index is 0. The first-order valence-electron chi connectivity index (χ1n) is 12.2. The zero-order valence-corrected chi connectivity index (χ0v) is 32.0. The summed E-state index contributed by atoms with van der Waals surface area (Å²) in [4.78, 5) is 56.4. The van der Waals surface area contributed by atoms with Crippen LogP contribution in [0.15, 0.2) is 0 Å². The zero-order valence-electron chi connectivity index (χ0n) is 23.1. The third kappa shape index (κ3) is 7.31. The van der Waals surface area contributed by atoms with Gasteiger partial charge in [0, 0.05) is 12.3 Å². The van der Waals surface area contributed by atoms with Gasteiger partial charge in [0.2, 0.25) is 5.79 Å². The van der Waals surface area contributed by atoms with Crippen molar-refractivity contribution in [2.45, 2.75) is 87.4 Å². The molecule has 6 fully saturated rings. The Bertz CT molecular complexity index is 898. The number of hydrogen-bond donors (Lipinski definition) is 0. The summed E-state index contributed by atoms with van der Waals surface area (Å²) in [5.41, 5.74) is -4.66. The van der Waals surface area contributed by atoms with E-state index in [-0.39, 0.29) is 136 Å². The van der Waals surface area contributed by atoms with Gasteiger partial charge in [0.15, 0.2) is 11.3 Å². The Morgan fingerprint density at radius 3 is 1.85 bits per heavy atom. The molecule has 0 aromatic heterocycles. The smallest absolute Gasteiger partial charge is 0.790 e. The first-order chi connectivity index (χ1) is 16.4. The SMILES string of the molecule is O=C([O-])C(F)(CCOC1(C2CCCC(OP(=O)([O-])[O-])C2)OOC12C1CC3CC(C1)CC2C3)C(=O)[O-].[Na+].[Na+].[Na+].[Na+]. The molecule has 5 saturated carbocycles. The minimum atomic E-state index is -5.24. The molecule has 0 aromatic rings. The molecular formula is C22H28FNa4O11P. The molecule has 0 radical (unpaired) electrons. The number of carbonyl (C=O) groups excluding carboxylic acids is 2. The van der Waals surface area contributed by atoms with Crippen molar-refractivity contribution in [2.24, 2.45) is 29.6 Å². The third-order valence-corrected chi connectivity index (χ3v) is 9.61.